The molecule has 1 aliphatic heterocycles. The van der Waals surface area contributed by atoms with Crippen molar-refractivity contribution in [2.45, 2.75) is 32.1 Å². The lowest BCUT2D eigenvalue weighted by molar-refractivity contribution is 0.0779. The minimum absolute atomic E-state index is 0.127. The highest BCUT2D eigenvalue weighted by Gasteiger charge is 2.30. The van der Waals surface area contributed by atoms with Crippen molar-refractivity contribution in [3.05, 3.63) is 52.1 Å². The molecule has 1 aromatic carbocycles. The van der Waals surface area contributed by atoms with Gasteiger partial charge in [-0.1, -0.05) is 0 Å². The fourth-order valence-corrected chi connectivity index (χ4v) is 3.66. The number of anilines is 1. The van der Waals surface area contributed by atoms with E-state index in [0.717, 1.165) is 24.2 Å². The Morgan fingerprint density at radius 1 is 1.27 bits per heavy atom. The van der Waals surface area contributed by atoms with Crippen molar-refractivity contribution in [3.8, 4) is 0 Å². The Morgan fingerprint density at radius 2 is 2.00 bits per heavy atom. The minimum atomic E-state index is -0.506. The lowest BCUT2D eigenvalue weighted by Crippen LogP contribution is -2.34. The molecule has 1 saturated carbocycles. The van der Waals surface area contributed by atoms with Gasteiger partial charge in [0, 0.05) is 43.2 Å². The molecule has 26 heavy (non-hydrogen) atoms. The Morgan fingerprint density at radius 3 is 2.69 bits per heavy atom. The Hall–Kier alpha value is -2.63. The molecule has 1 N–H and O–H groups in total. The second-order valence-corrected chi connectivity index (χ2v) is 7.29. The van der Waals surface area contributed by atoms with Crippen molar-refractivity contribution < 1.29 is 14.0 Å². The van der Waals surface area contributed by atoms with E-state index in [0.29, 0.717) is 35.6 Å². The van der Waals surface area contributed by atoms with Crippen LogP contribution in [0, 0.1) is 12.7 Å². The van der Waals surface area contributed by atoms with Gasteiger partial charge in [0.05, 0.1) is 11.3 Å². The Labute approximate surface area is 151 Å². The summed E-state index contributed by atoms with van der Waals surface area (Å²) < 4.78 is 16.9. The third kappa shape index (κ3) is 2.60. The highest BCUT2D eigenvalue weighted by Crippen LogP contribution is 2.41. The monoisotopic (exact) mass is 355 g/mol. The first-order valence-electron chi connectivity index (χ1n) is 8.93. The molecule has 2 aliphatic rings. The first kappa shape index (κ1) is 16.8. The van der Waals surface area contributed by atoms with Crippen LogP contribution in [0.15, 0.2) is 18.2 Å². The number of carbonyl (C=O) groups is 2. The highest BCUT2D eigenvalue weighted by molar-refractivity contribution is 6.06. The van der Waals surface area contributed by atoms with Crippen molar-refractivity contribution >= 4 is 17.5 Å². The van der Waals surface area contributed by atoms with Crippen molar-refractivity contribution in [3.63, 3.8) is 0 Å². The summed E-state index contributed by atoms with van der Waals surface area (Å²) in [5.41, 5.74) is 3.49. The molecule has 2 heterocycles. The first-order chi connectivity index (χ1) is 12.4. The molecule has 136 valence electrons. The van der Waals surface area contributed by atoms with Crippen LogP contribution in [-0.4, -0.2) is 34.9 Å². The van der Waals surface area contributed by atoms with Gasteiger partial charge >= 0.3 is 0 Å². The van der Waals surface area contributed by atoms with Gasteiger partial charge in [0.1, 0.15) is 0 Å². The van der Waals surface area contributed by atoms with Gasteiger partial charge in [-0.25, -0.2) is 4.39 Å². The first-order valence-corrected chi connectivity index (χ1v) is 8.93. The SMILES string of the molecule is Cc1c(C(=O)Nc2ccc3c(c2F)CCN(C)C3=O)cc(C2CC2)n1C. The molecular weight excluding hydrogens is 333 g/mol. The Kier molecular flexibility index (Phi) is 3.86. The molecule has 2 aromatic rings. The van der Waals surface area contributed by atoms with E-state index in [1.807, 2.05) is 24.6 Å². The van der Waals surface area contributed by atoms with Gasteiger partial charge < -0.3 is 14.8 Å². The second kappa shape index (κ2) is 5.97. The summed E-state index contributed by atoms with van der Waals surface area (Å²) in [7, 11) is 3.66. The standard InChI is InChI=1S/C20H22FN3O2/c1-11-15(10-17(24(11)3)12-4-5-12)19(25)22-16-7-6-14-13(18(16)21)8-9-23(2)20(14)26/h6-7,10,12H,4-5,8-9H2,1-3H3,(H,22,25). The van der Waals surface area contributed by atoms with E-state index in [1.165, 1.54) is 6.07 Å². The number of hydrogen-bond donors (Lipinski definition) is 1. The molecule has 0 unspecified atom stereocenters. The molecule has 0 saturated heterocycles. The number of carbonyl (C=O) groups excluding carboxylic acids is 2. The number of nitrogens with zero attached hydrogens (tertiary/aromatic N) is 2. The van der Waals surface area contributed by atoms with E-state index < -0.39 is 5.82 Å². The number of amides is 2. The van der Waals surface area contributed by atoms with E-state index in [9.17, 15) is 14.0 Å². The average Bonchev–Trinajstić information content (AvgIpc) is 3.41. The smallest absolute Gasteiger partial charge is 0.257 e. The molecule has 0 spiro atoms. The zero-order valence-electron chi connectivity index (χ0n) is 15.2. The summed E-state index contributed by atoms with van der Waals surface area (Å²) in [6.45, 7) is 2.38. The van der Waals surface area contributed by atoms with Gasteiger partial charge in [0.15, 0.2) is 5.82 Å². The molecule has 6 heteroatoms. The van der Waals surface area contributed by atoms with Crippen LogP contribution in [-0.2, 0) is 13.5 Å². The van der Waals surface area contributed by atoms with Gasteiger partial charge in [-0.2, -0.15) is 0 Å². The highest BCUT2D eigenvalue weighted by atomic mass is 19.1. The predicted octanol–water partition coefficient (Wildman–Crippen LogP) is 3.23. The van der Waals surface area contributed by atoms with Crippen LogP contribution >= 0.6 is 0 Å². The van der Waals surface area contributed by atoms with Gasteiger partial charge in [-0.3, -0.25) is 9.59 Å². The van der Waals surface area contributed by atoms with Crippen molar-refractivity contribution in [2.24, 2.45) is 7.05 Å². The summed E-state index contributed by atoms with van der Waals surface area (Å²) in [4.78, 5) is 26.4. The summed E-state index contributed by atoms with van der Waals surface area (Å²) in [5.74, 6) is -0.476. The van der Waals surface area contributed by atoms with Crippen LogP contribution in [0.1, 0.15) is 56.4 Å². The third-order valence-corrected chi connectivity index (χ3v) is 5.58. The normalized spacial score (nSPS) is 16.6. The molecule has 0 atom stereocenters. The number of rotatable bonds is 3. The number of fused-ring (bicyclic) bond motifs is 1. The number of aromatic nitrogens is 1. The fourth-order valence-electron chi connectivity index (χ4n) is 3.66. The van der Waals surface area contributed by atoms with Crippen LogP contribution < -0.4 is 5.32 Å². The number of likely N-dealkylation sites (N-methyl/N-ethyl adjacent to an activating group) is 1. The third-order valence-electron chi connectivity index (χ3n) is 5.58. The van der Waals surface area contributed by atoms with E-state index >= 15 is 0 Å². The lowest BCUT2D eigenvalue weighted by atomic mass is 9.97. The Bertz CT molecular complexity index is 928. The van der Waals surface area contributed by atoms with E-state index in [-0.39, 0.29) is 17.5 Å². The Balaban J connectivity index is 1.63. The molecular formula is C20H22FN3O2. The molecule has 1 aromatic heterocycles. The van der Waals surface area contributed by atoms with Crippen LogP contribution in [0.5, 0.6) is 0 Å². The quantitative estimate of drug-likeness (QED) is 0.919. The minimum Gasteiger partial charge on any atom is -0.351 e. The number of nitrogens with one attached hydrogen (secondary N) is 1. The average molecular weight is 355 g/mol. The predicted molar refractivity (Wildman–Crippen MR) is 97.1 cm³/mol. The van der Waals surface area contributed by atoms with Crippen LogP contribution in [0.4, 0.5) is 10.1 Å². The van der Waals surface area contributed by atoms with Crippen molar-refractivity contribution in [1.29, 1.82) is 0 Å². The topological polar surface area (TPSA) is 54.3 Å². The van der Waals surface area contributed by atoms with Crippen LogP contribution in [0.2, 0.25) is 0 Å². The van der Waals surface area contributed by atoms with Gasteiger partial charge in [0.2, 0.25) is 0 Å². The van der Waals surface area contributed by atoms with Gasteiger partial charge in [-0.05, 0) is 50.3 Å². The summed E-state index contributed by atoms with van der Waals surface area (Å²) in [6, 6.07) is 4.99. The number of benzene rings is 1. The molecule has 1 aliphatic carbocycles. The number of hydrogen-bond acceptors (Lipinski definition) is 2. The lowest BCUT2D eigenvalue weighted by Gasteiger charge is -2.25. The fraction of sp³-hybridized carbons (Fsp3) is 0.400. The molecule has 2 amide bonds. The zero-order valence-corrected chi connectivity index (χ0v) is 15.2. The van der Waals surface area contributed by atoms with Crippen molar-refractivity contribution in [2.75, 3.05) is 18.9 Å². The summed E-state index contributed by atoms with van der Waals surface area (Å²) >= 11 is 0. The molecule has 5 nitrogen and oxygen atoms in total. The maximum atomic E-state index is 14.9. The maximum absolute atomic E-state index is 14.9. The van der Waals surface area contributed by atoms with Crippen LogP contribution in [0.25, 0.3) is 0 Å². The molecule has 1 fully saturated rings. The maximum Gasteiger partial charge on any atom is 0.257 e. The van der Waals surface area contributed by atoms with E-state index in [4.69, 9.17) is 0 Å². The van der Waals surface area contributed by atoms with Gasteiger partial charge in [-0.15, -0.1) is 0 Å². The largest absolute Gasteiger partial charge is 0.351 e. The molecule has 0 radical (unpaired) electrons. The summed E-state index contributed by atoms with van der Waals surface area (Å²) in [6.07, 6.45) is 2.75. The van der Waals surface area contributed by atoms with E-state index in [1.54, 1.807) is 18.0 Å². The molecule has 4 rings (SSSR count). The second-order valence-electron chi connectivity index (χ2n) is 7.29. The zero-order chi connectivity index (χ0) is 18.6. The van der Waals surface area contributed by atoms with Crippen LogP contribution in [0.3, 0.4) is 0 Å². The number of halogens is 1. The summed E-state index contributed by atoms with van der Waals surface area (Å²) in [5, 5.41) is 2.69. The molecule has 0 bridgehead atoms. The van der Waals surface area contributed by atoms with Gasteiger partial charge in [0.25, 0.3) is 11.8 Å². The van der Waals surface area contributed by atoms with Crippen molar-refractivity contribution in [1.82, 2.24) is 9.47 Å². The van der Waals surface area contributed by atoms with E-state index in [2.05, 4.69) is 5.32 Å².